The van der Waals surface area contributed by atoms with Gasteiger partial charge in [-0.25, -0.2) is 8.78 Å². The van der Waals surface area contributed by atoms with Crippen molar-refractivity contribution in [1.29, 1.82) is 0 Å². The van der Waals surface area contributed by atoms with Crippen molar-refractivity contribution in [3.63, 3.8) is 0 Å². The highest BCUT2D eigenvalue weighted by Crippen LogP contribution is 2.18. The number of hydrogen-bond acceptors (Lipinski definition) is 2. The molecular weight excluding hydrogens is 238 g/mol. The Labute approximate surface area is 102 Å². The molecule has 0 aliphatic rings. The molecule has 0 aliphatic heterocycles. The van der Waals surface area contributed by atoms with Crippen molar-refractivity contribution in [3.8, 4) is 0 Å². The molecule has 0 aromatic heterocycles. The summed E-state index contributed by atoms with van der Waals surface area (Å²) in [4.78, 5) is 11.7. The number of nitrogen functional groups attached to an aromatic ring is 1. The first kappa shape index (κ1) is 12.0. The van der Waals surface area contributed by atoms with Crippen LogP contribution in [0.1, 0.15) is 10.4 Å². The van der Waals surface area contributed by atoms with Gasteiger partial charge in [0.15, 0.2) is 0 Å². The first-order valence-corrected chi connectivity index (χ1v) is 5.19. The lowest BCUT2D eigenvalue weighted by atomic mass is 10.2. The summed E-state index contributed by atoms with van der Waals surface area (Å²) in [5.74, 6) is -2.04. The number of anilines is 2. The molecule has 0 heterocycles. The third kappa shape index (κ3) is 2.45. The molecular formula is C13H10F2N2O. The lowest BCUT2D eigenvalue weighted by molar-refractivity contribution is 0.102. The molecule has 0 spiro atoms. The molecule has 0 radical (unpaired) electrons. The van der Waals surface area contributed by atoms with Crippen molar-refractivity contribution in [2.24, 2.45) is 0 Å². The molecule has 5 heteroatoms. The van der Waals surface area contributed by atoms with Gasteiger partial charge >= 0.3 is 0 Å². The van der Waals surface area contributed by atoms with Gasteiger partial charge in [0.1, 0.15) is 11.6 Å². The summed E-state index contributed by atoms with van der Waals surface area (Å²) in [5.41, 5.74) is 5.44. The third-order valence-electron chi connectivity index (χ3n) is 2.36. The molecule has 0 saturated carbocycles. The Kier molecular flexibility index (Phi) is 3.23. The normalized spacial score (nSPS) is 10.1. The fourth-order valence-electron chi connectivity index (χ4n) is 1.47. The maximum Gasteiger partial charge on any atom is 0.258 e. The van der Waals surface area contributed by atoms with Gasteiger partial charge in [-0.15, -0.1) is 0 Å². The second-order valence-corrected chi connectivity index (χ2v) is 3.67. The van der Waals surface area contributed by atoms with E-state index in [1.807, 2.05) is 0 Å². The van der Waals surface area contributed by atoms with Gasteiger partial charge in [0.05, 0.1) is 11.3 Å². The fourth-order valence-corrected chi connectivity index (χ4v) is 1.47. The molecule has 92 valence electrons. The number of carbonyl (C=O) groups is 1. The van der Waals surface area contributed by atoms with Gasteiger partial charge in [-0.2, -0.15) is 0 Å². The molecule has 18 heavy (non-hydrogen) atoms. The summed E-state index contributed by atoms with van der Waals surface area (Å²) in [5, 5.41) is 2.29. The standard InChI is InChI=1S/C13H10F2N2O/c14-10-4-2-1-3-9(10)13(18)17-12-6-5-8(16)7-11(12)15/h1-7H,16H2,(H,17,18). The van der Waals surface area contributed by atoms with Crippen LogP contribution in [0.4, 0.5) is 20.2 Å². The molecule has 2 aromatic rings. The van der Waals surface area contributed by atoms with Crippen molar-refractivity contribution in [2.75, 3.05) is 11.1 Å². The monoisotopic (exact) mass is 248 g/mol. The van der Waals surface area contributed by atoms with E-state index in [4.69, 9.17) is 5.73 Å². The largest absolute Gasteiger partial charge is 0.399 e. The van der Waals surface area contributed by atoms with Gasteiger partial charge < -0.3 is 11.1 Å². The molecule has 0 saturated heterocycles. The van der Waals surface area contributed by atoms with Gasteiger partial charge in [-0.3, -0.25) is 4.79 Å². The van der Waals surface area contributed by atoms with E-state index >= 15 is 0 Å². The van der Waals surface area contributed by atoms with E-state index in [-0.39, 0.29) is 16.9 Å². The molecule has 0 unspecified atom stereocenters. The van der Waals surface area contributed by atoms with Crippen LogP contribution in [0.3, 0.4) is 0 Å². The second kappa shape index (κ2) is 4.83. The Morgan fingerprint density at radius 2 is 1.78 bits per heavy atom. The Bertz CT molecular complexity index is 599. The summed E-state index contributed by atoms with van der Waals surface area (Å²) in [6, 6.07) is 9.32. The molecule has 1 amide bonds. The summed E-state index contributed by atoms with van der Waals surface area (Å²) in [6.45, 7) is 0. The van der Waals surface area contributed by atoms with Gasteiger partial charge in [0.2, 0.25) is 0 Å². The number of benzene rings is 2. The molecule has 0 aliphatic carbocycles. The Hall–Kier alpha value is -2.43. The second-order valence-electron chi connectivity index (χ2n) is 3.67. The summed E-state index contributed by atoms with van der Waals surface area (Å²) in [7, 11) is 0. The quantitative estimate of drug-likeness (QED) is 0.803. The summed E-state index contributed by atoms with van der Waals surface area (Å²) in [6.07, 6.45) is 0. The van der Waals surface area contributed by atoms with E-state index in [0.29, 0.717) is 0 Å². The minimum absolute atomic E-state index is 0.0440. The number of rotatable bonds is 2. The van der Waals surface area contributed by atoms with Gasteiger partial charge in [-0.05, 0) is 30.3 Å². The number of nitrogens with two attached hydrogens (primary N) is 1. The highest BCUT2D eigenvalue weighted by atomic mass is 19.1. The molecule has 2 aromatic carbocycles. The lowest BCUT2D eigenvalue weighted by Gasteiger charge is -2.07. The zero-order chi connectivity index (χ0) is 13.1. The molecule has 0 atom stereocenters. The van der Waals surface area contributed by atoms with Crippen molar-refractivity contribution >= 4 is 17.3 Å². The Morgan fingerprint density at radius 3 is 2.44 bits per heavy atom. The van der Waals surface area contributed by atoms with Crippen LogP contribution in [0, 0.1) is 11.6 Å². The van der Waals surface area contributed by atoms with E-state index in [1.54, 1.807) is 0 Å². The van der Waals surface area contributed by atoms with Crippen LogP contribution in [0.25, 0.3) is 0 Å². The van der Waals surface area contributed by atoms with Gasteiger partial charge in [0, 0.05) is 5.69 Å². The van der Waals surface area contributed by atoms with Crippen LogP contribution in [-0.4, -0.2) is 5.91 Å². The highest BCUT2D eigenvalue weighted by molar-refractivity contribution is 6.04. The Morgan fingerprint density at radius 1 is 1.06 bits per heavy atom. The molecule has 3 N–H and O–H groups in total. The van der Waals surface area contributed by atoms with Crippen molar-refractivity contribution in [2.45, 2.75) is 0 Å². The van der Waals surface area contributed by atoms with Crippen molar-refractivity contribution in [1.82, 2.24) is 0 Å². The number of carbonyl (C=O) groups excluding carboxylic acids is 1. The zero-order valence-corrected chi connectivity index (χ0v) is 9.28. The van der Waals surface area contributed by atoms with E-state index < -0.39 is 17.5 Å². The van der Waals surface area contributed by atoms with Crippen LogP contribution in [0.2, 0.25) is 0 Å². The highest BCUT2D eigenvalue weighted by Gasteiger charge is 2.12. The summed E-state index contributed by atoms with van der Waals surface area (Å²) < 4.78 is 26.8. The predicted octanol–water partition coefficient (Wildman–Crippen LogP) is 2.80. The van der Waals surface area contributed by atoms with Crippen LogP contribution < -0.4 is 11.1 Å². The van der Waals surface area contributed by atoms with E-state index in [0.717, 1.165) is 12.1 Å². The SMILES string of the molecule is Nc1ccc(NC(=O)c2ccccc2F)c(F)c1. The molecule has 2 rings (SSSR count). The molecule has 3 nitrogen and oxygen atoms in total. The fraction of sp³-hybridized carbons (Fsp3) is 0. The van der Waals surface area contributed by atoms with E-state index in [9.17, 15) is 13.6 Å². The maximum absolute atomic E-state index is 13.4. The van der Waals surface area contributed by atoms with Crippen LogP contribution in [0.15, 0.2) is 42.5 Å². The number of nitrogens with one attached hydrogen (secondary N) is 1. The van der Waals surface area contributed by atoms with Gasteiger partial charge in [-0.1, -0.05) is 12.1 Å². The first-order valence-electron chi connectivity index (χ1n) is 5.19. The minimum Gasteiger partial charge on any atom is -0.399 e. The minimum atomic E-state index is -0.711. The van der Waals surface area contributed by atoms with Gasteiger partial charge in [0.25, 0.3) is 5.91 Å². The predicted molar refractivity (Wildman–Crippen MR) is 65.2 cm³/mol. The lowest BCUT2D eigenvalue weighted by Crippen LogP contribution is -2.14. The maximum atomic E-state index is 13.4. The van der Waals surface area contributed by atoms with Crippen molar-refractivity contribution in [3.05, 3.63) is 59.7 Å². The third-order valence-corrected chi connectivity index (χ3v) is 2.36. The smallest absolute Gasteiger partial charge is 0.258 e. The number of amides is 1. The molecule has 0 bridgehead atoms. The number of hydrogen-bond donors (Lipinski definition) is 2. The zero-order valence-electron chi connectivity index (χ0n) is 9.28. The average molecular weight is 248 g/mol. The van der Waals surface area contributed by atoms with Crippen molar-refractivity contribution < 1.29 is 13.6 Å². The number of halogens is 2. The first-order chi connectivity index (χ1) is 8.58. The van der Waals surface area contributed by atoms with Crippen LogP contribution in [0.5, 0.6) is 0 Å². The van der Waals surface area contributed by atoms with E-state index in [2.05, 4.69) is 5.32 Å². The summed E-state index contributed by atoms with van der Waals surface area (Å²) >= 11 is 0. The van der Waals surface area contributed by atoms with Crippen LogP contribution >= 0.6 is 0 Å². The molecule has 0 fully saturated rings. The average Bonchev–Trinajstić information content (AvgIpc) is 2.33. The Balaban J connectivity index is 2.24. The topological polar surface area (TPSA) is 55.1 Å². The van der Waals surface area contributed by atoms with Crippen LogP contribution in [-0.2, 0) is 0 Å². The van der Waals surface area contributed by atoms with E-state index in [1.165, 1.54) is 30.3 Å².